The van der Waals surface area contributed by atoms with E-state index in [1.807, 2.05) is 6.92 Å². The second kappa shape index (κ2) is 12.3. The van der Waals surface area contributed by atoms with Gasteiger partial charge in [-0.25, -0.2) is 8.42 Å². The zero-order valence-electron chi connectivity index (χ0n) is 22.3. The maximum Gasteiger partial charge on any atom is 0.247 e. The minimum atomic E-state index is -3.94. The number of pyridine rings is 1. The minimum Gasteiger partial charge on any atom is -0.487 e. The van der Waals surface area contributed by atoms with Gasteiger partial charge < -0.3 is 14.7 Å². The number of sulfonamides is 1. The number of ether oxygens (including phenoxy) is 1. The number of nitrogens with zero attached hydrogens (tertiary/aromatic N) is 3. The fourth-order valence-electron chi connectivity index (χ4n) is 5.12. The number of aromatic nitrogens is 1. The molecule has 38 heavy (non-hydrogen) atoms. The van der Waals surface area contributed by atoms with Crippen LogP contribution in [0.2, 0.25) is 0 Å². The van der Waals surface area contributed by atoms with Crippen molar-refractivity contribution in [3.05, 3.63) is 53.9 Å². The topological polar surface area (TPSA) is 100 Å². The summed E-state index contributed by atoms with van der Waals surface area (Å²) in [6.45, 7) is 3.82. The quantitative estimate of drug-likeness (QED) is 0.586. The van der Waals surface area contributed by atoms with Crippen molar-refractivity contribution in [1.82, 2.24) is 14.2 Å². The molecule has 1 aliphatic carbocycles. The van der Waals surface area contributed by atoms with Crippen LogP contribution in [0, 0.1) is 23.7 Å². The van der Waals surface area contributed by atoms with Crippen molar-refractivity contribution in [1.29, 1.82) is 0 Å². The molecule has 0 bridgehead atoms. The van der Waals surface area contributed by atoms with E-state index < -0.39 is 22.2 Å². The average Bonchev–Trinajstić information content (AvgIpc) is 2.93. The Balaban J connectivity index is 1.68. The van der Waals surface area contributed by atoms with Crippen LogP contribution >= 0.6 is 0 Å². The summed E-state index contributed by atoms with van der Waals surface area (Å²) in [7, 11) is -2.15. The van der Waals surface area contributed by atoms with Gasteiger partial charge >= 0.3 is 0 Å². The Morgan fingerprint density at radius 2 is 1.84 bits per heavy atom. The monoisotopic (exact) mass is 539 g/mol. The molecule has 1 aliphatic heterocycles. The van der Waals surface area contributed by atoms with Gasteiger partial charge in [0, 0.05) is 55.0 Å². The molecular formula is C29H37N3O5S. The van der Waals surface area contributed by atoms with E-state index in [0.717, 1.165) is 31.2 Å². The van der Waals surface area contributed by atoms with Gasteiger partial charge in [-0.3, -0.25) is 9.78 Å². The van der Waals surface area contributed by atoms with Crippen LogP contribution in [0.5, 0.6) is 5.75 Å². The molecule has 1 aromatic carbocycles. The molecule has 0 spiro atoms. The zero-order chi connectivity index (χ0) is 27.3. The predicted octanol–water partition coefficient (Wildman–Crippen LogP) is 3.29. The van der Waals surface area contributed by atoms with Crippen LogP contribution in [0.4, 0.5) is 0 Å². The average molecular weight is 540 g/mol. The molecule has 2 aromatic rings. The number of amides is 1. The fourth-order valence-corrected chi connectivity index (χ4v) is 6.95. The first-order valence-corrected chi connectivity index (χ1v) is 14.7. The molecule has 8 nitrogen and oxygen atoms in total. The van der Waals surface area contributed by atoms with E-state index in [1.165, 1.54) is 16.8 Å². The van der Waals surface area contributed by atoms with Crippen molar-refractivity contribution in [2.24, 2.45) is 11.8 Å². The number of carbonyl (C=O) groups excluding carboxylic acids is 1. The van der Waals surface area contributed by atoms with Crippen molar-refractivity contribution < 1.29 is 23.1 Å². The lowest BCUT2D eigenvalue weighted by Gasteiger charge is -2.38. The molecule has 0 radical (unpaired) electrons. The summed E-state index contributed by atoms with van der Waals surface area (Å²) < 4.78 is 35.1. The number of aliphatic hydroxyl groups excluding tert-OH is 1. The highest BCUT2D eigenvalue weighted by atomic mass is 32.2. The molecule has 0 unspecified atom stereocenters. The Labute approximate surface area is 226 Å². The predicted molar refractivity (Wildman–Crippen MR) is 145 cm³/mol. The summed E-state index contributed by atoms with van der Waals surface area (Å²) in [5, 5.41) is 9.85. The Kier molecular flexibility index (Phi) is 9.08. The Morgan fingerprint density at radius 3 is 2.53 bits per heavy atom. The Morgan fingerprint density at radius 1 is 1.16 bits per heavy atom. The van der Waals surface area contributed by atoms with E-state index in [4.69, 9.17) is 4.74 Å². The zero-order valence-corrected chi connectivity index (χ0v) is 23.2. The maximum absolute atomic E-state index is 13.7. The van der Waals surface area contributed by atoms with Crippen LogP contribution < -0.4 is 4.74 Å². The first kappa shape index (κ1) is 28.1. The number of hydrogen-bond acceptors (Lipinski definition) is 6. The molecule has 204 valence electrons. The summed E-state index contributed by atoms with van der Waals surface area (Å²) in [4.78, 5) is 18.9. The summed E-state index contributed by atoms with van der Waals surface area (Å²) in [5.41, 5.74) is 1.40. The highest BCUT2D eigenvalue weighted by Crippen LogP contribution is 2.34. The van der Waals surface area contributed by atoms with Crippen LogP contribution in [0.25, 0.3) is 0 Å². The van der Waals surface area contributed by atoms with E-state index in [2.05, 4.69) is 16.8 Å². The first-order valence-electron chi connectivity index (χ1n) is 13.3. The van der Waals surface area contributed by atoms with Gasteiger partial charge in [-0.2, -0.15) is 4.31 Å². The SMILES string of the molecule is C[C@H](CO)N1C[C@H](C)[C@@H](CN(C)C(=O)C2CCCCC2)Oc2cc(C#Cc3ccncc3)ccc2S1(=O)=O. The smallest absolute Gasteiger partial charge is 0.247 e. The number of likely N-dealkylation sites (N-methyl/N-ethyl adjacent to an activating group) is 1. The number of rotatable bonds is 5. The lowest BCUT2D eigenvalue weighted by molar-refractivity contribution is -0.136. The molecule has 1 N–H and O–H groups in total. The molecule has 9 heteroatoms. The van der Waals surface area contributed by atoms with Crippen molar-refractivity contribution in [3.63, 3.8) is 0 Å². The van der Waals surface area contributed by atoms with Gasteiger partial charge in [-0.05, 0) is 50.1 Å². The summed E-state index contributed by atoms with van der Waals surface area (Å²) in [6.07, 6.45) is 8.01. The van der Waals surface area contributed by atoms with Crippen LogP contribution in [0.15, 0.2) is 47.6 Å². The molecule has 3 atom stereocenters. The highest BCUT2D eigenvalue weighted by molar-refractivity contribution is 7.89. The molecule has 1 saturated carbocycles. The number of hydrogen-bond donors (Lipinski definition) is 1. The Hall–Kier alpha value is -2.93. The standard InChI is InChI=1S/C29H37N3O5S/c1-21-18-32(22(2)20-33)38(35,36)28-12-11-24(10-9-23-13-15-30-16-14-23)17-26(28)37-27(21)19-31(3)29(34)25-7-5-4-6-8-25/h11-17,21-22,25,27,33H,4-8,18-20H2,1-3H3/t21-,22+,27+/m0/s1. The van der Waals surface area contributed by atoms with Gasteiger partial charge in [0.05, 0.1) is 13.2 Å². The van der Waals surface area contributed by atoms with Crippen molar-refractivity contribution in [3.8, 4) is 17.6 Å². The largest absolute Gasteiger partial charge is 0.487 e. The number of benzene rings is 1. The van der Waals surface area contributed by atoms with Crippen LogP contribution in [0.3, 0.4) is 0 Å². The van der Waals surface area contributed by atoms with Gasteiger partial charge in [-0.15, -0.1) is 0 Å². The highest BCUT2D eigenvalue weighted by Gasteiger charge is 2.38. The summed E-state index contributed by atoms with van der Waals surface area (Å²) in [6, 6.07) is 7.81. The lowest BCUT2D eigenvalue weighted by atomic mass is 9.88. The molecule has 2 aliphatic rings. The third-order valence-corrected chi connectivity index (χ3v) is 9.50. The van der Waals surface area contributed by atoms with Crippen molar-refractivity contribution in [2.75, 3.05) is 26.7 Å². The lowest BCUT2D eigenvalue weighted by Crippen LogP contribution is -2.50. The molecular weight excluding hydrogens is 502 g/mol. The normalized spacial score (nSPS) is 22.5. The van der Waals surface area contributed by atoms with Crippen molar-refractivity contribution >= 4 is 15.9 Å². The van der Waals surface area contributed by atoms with Crippen molar-refractivity contribution in [2.45, 2.75) is 63.0 Å². The number of carbonyl (C=O) groups is 1. The minimum absolute atomic E-state index is 0.0328. The maximum atomic E-state index is 13.7. The molecule has 1 amide bonds. The third-order valence-electron chi connectivity index (χ3n) is 7.48. The Bertz CT molecular complexity index is 1280. The number of fused-ring (bicyclic) bond motifs is 1. The van der Waals surface area contributed by atoms with E-state index in [1.54, 1.807) is 55.5 Å². The summed E-state index contributed by atoms with van der Waals surface area (Å²) in [5.74, 6) is 6.26. The molecule has 0 saturated heterocycles. The first-order chi connectivity index (χ1) is 18.2. The molecule has 1 fully saturated rings. The molecule has 1 aromatic heterocycles. The van der Waals surface area contributed by atoms with Crippen LogP contribution in [-0.2, 0) is 14.8 Å². The molecule has 2 heterocycles. The van der Waals surface area contributed by atoms with Crippen LogP contribution in [0.1, 0.15) is 57.1 Å². The van der Waals surface area contributed by atoms with Gasteiger partial charge in [0.2, 0.25) is 15.9 Å². The van der Waals surface area contributed by atoms with Gasteiger partial charge in [0.1, 0.15) is 16.7 Å². The van der Waals surface area contributed by atoms with Gasteiger partial charge in [0.25, 0.3) is 0 Å². The number of aliphatic hydroxyl groups is 1. The second-order valence-electron chi connectivity index (χ2n) is 10.4. The summed E-state index contributed by atoms with van der Waals surface area (Å²) >= 11 is 0. The van der Waals surface area contributed by atoms with Gasteiger partial charge in [0.15, 0.2) is 0 Å². The third kappa shape index (κ3) is 6.37. The second-order valence-corrected chi connectivity index (χ2v) is 12.3. The van der Waals surface area contributed by atoms with E-state index in [9.17, 15) is 18.3 Å². The van der Waals surface area contributed by atoms with E-state index in [0.29, 0.717) is 12.1 Å². The van der Waals surface area contributed by atoms with Gasteiger partial charge in [-0.1, -0.05) is 38.0 Å². The van der Waals surface area contributed by atoms with Crippen LogP contribution in [-0.4, -0.2) is 72.5 Å². The fraction of sp³-hybridized carbons (Fsp3) is 0.517. The van der Waals surface area contributed by atoms with E-state index in [-0.39, 0.29) is 41.5 Å². The molecule has 4 rings (SSSR count). The van der Waals surface area contributed by atoms with E-state index >= 15 is 0 Å².